The molecule has 5 heteroatoms. The second-order valence-corrected chi connectivity index (χ2v) is 5.40. The molecule has 1 amide bonds. The van der Waals surface area contributed by atoms with Gasteiger partial charge in [-0.05, 0) is 44.4 Å². The number of carbonyl (C=O) groups is 2. The molecule has 0 aromatic heterocycles. The monoisotopic (exact) mass is 291 g/mol. The lowest BCUT2D eigenvalue weighted by Crippen LogP contribution is -2.30. The van der Waals surface area contributed by atoms with Crippen LogP contribution >= 0.6 is 0 Å². The quantitative estimate of drug-likeness (QED) is 0.874. The SMILES string of the molecule is CCOc1cc(C)ccc1NC(=O)[C@@H]1CCC[C@@H]1C(=O)O. The van der Waals surface area contributed by atoms with Gasteiger partial charge in [0.25, 0.3) is 0 Å². The predicted molar refractivity (Wildman–Crippen MR) is 79.4 cm³/mol. The van der Waals surface area contributed by atoms with Crippen LogP contribution in [0.3, 0.4) is 0 Å². The van der Waals surface area contributed by atoms with Gasteiger partial charge in [0, 0.05) is 0 Å². The average Bonchev–Trinajstić information content (AvgIpc) is 2.91. The van der Waals surface area contributed by atoms with E-state index in [-0.39, 0.29) is 5.91 Å². The van der Waals surface area contributed by atoms with Crippen molar-refractivity contribution in [2.75, 3.05) is 11.9 Å². The molecule has 1 aliphatic rings. The average molecular weight is 291 g/mol. The molecule has 2 N–H and O–H groups in total. The van der Waals surface area contributed by atoms with E-state index in [4.69, 9.17) is 9.84 Å². The molecule has 1 saturated carbocycles. The van der Waals surface area contributed by atoms with Gasteiger partial charge in [-0.1, -0.05) is 12.5 Å². The zero-order valence-corrected chi connectivity index (χ0v) is 12.4. The Kier molecular flexibility index (Phi) is 4.83. The molecule has 2 atom stereocenters. The third kappa shape index (κ3) is 3.54. The summed E-state index contributed by atoms with van der Waals surface area (Å²) in [5, 5.41) is 12.0. The van der Waals surface area contributed by atoms with Gasteiger partial charge < -0.3 is 15.2 Å². The summed E-state index contributed by atoms with van der Waals surface area (Å²) in [7, 11) is 0. The van der Waals surface area contributed by atoms with Crippen molar-refractivity contribution in [2.24, 2.45) is 11.8 Å². The summed E-state index contributed by atoms with van der Waals surface area (Å²) >= 11 is 0. The first-order valence-electron chi connectivity index (χ1n) is 7.30. The number of hydrogen-bond donors (Lipinski definition) is 2. The van der Waals surface area contributed by atoms with Crippen molar-refractivity contribution < 1.29 is 19.4 Å². The van der Waals surface area contributed by atoms with E-state index in [1.165, 1.54) is 0 Å². The maximum Gasteiger partial charge on any atom is 0.307 e. The first-order chi connectivity index (χ1) is 10.0. The number of aliphatic carboxylic acids is 1. The number of ether oxygens (including phenoxy) is 1. The number of carboxylic acid groups (broad SMARTS) is 1. The summed E-state index contributed by atoms with van der Waals surface area (Å²) in [6.07, 6.45) is 1.97. The normalized spacial score (nSPS) is 21.0. The molecule has 0 radical (unpaired) electrons. The number of anilines is 1. The Bertz CT molecular complexity index is 541. The lowest BCUT2D eigenvalue weighted by molar-refractivity contribution is -0.145. The Morgan fingerprint density at radius 3 is 2.71 bits per heavy atom. The molecule has 1 aromatic carbocycles. The van der Waals surface area contributed by atoms with E-state index in [1.54, 1.807) is 6.07 Å². The molecule has 114 valence electrons. The lowest BCUT2D eigenvalue weighted by atomic mass is 9.95. The first kappa shape index (κ1) is 15.4. The van der Waals surface area contributed by atoms with Crippen LogP contribution in [-0.2, 0) is 9.59 Å². The van der Waals surface area contributed by atoms with Gasteiger partial charge >= 0.3 is 5.97 Å². The fourth-order valence-corrected chi connectivity index (χ4v) is 2.80. The van der Waals surface area contributed by atoms with Crippen molar-refractivity contribution in [2.45, 2.75) is 33.1 Å². The molecule has 0 heterocycles. The summed E-state index contributed by atoms with van der Waals surface area (Å²) in [5.41, 5.74) is 1.64. The van der Waals surface area contributed by atoms with Crippen molar-refractivity contribution >= 4 is 17.6 Å². The summed E-state index contributed by atoms with van der Waals surface area (Å²) in [4.78, 5) is 23.5. The van der Waals surface area contributed by atoms with Crippen LogP contribution in [-0.4, -0.2) is 23.6 Å². The largest absolute Gasteiger partial charge is 0.492 e. The fourth-order valence-electron chi connectivity index (χ4n) is 2.80. The van der Waals surface area contributed by atoms with E-state index < -0.39 is 17.8 Å². The van der Waals surface area contributed by atoms with Gasteiger partial charge in [0.2, 0.25) is 5.91 Å². The van der Waals surface area contributed by atoms with Crippen LogP contribution in [0.2, 0.25) is 0 Å². The van der Waals surface area contributed by atoms with Crippen molar-refractivity contribution in [3.8, 4) is 5.75 Å². The summed E-state index contributed by atoms with van der Waals surface area (Å²) < 4.78 is 5.52. The molecular weight excluding hydrogens is 270 g/mol. The lowest BCUT2D eigenvalue weighted by Gasteiger charge is -2.17. The van der Waals surface area contributed by atoms with Gasteiger partial charge in [0.05, 0.1) is 24.1 Å². The molecule has 5 nitrogen and oxygen atoms in total. The van der Waals surface area contributed by atoms with Crippen molar-refractivity contribution in [1.82, 2.24) is 0 Å². The number of benzene rings is 1. The Labute approximate surface area is 124 Å². The Balaban J connectivity index is 2.14. The highest BCUT2D eigenvalue weighted by Gasteiger charge is 2.37. The highest BCUT2D eigenvalue weighted by atomic mass is 16.5. The molecule has 2 rings (SSSR count). The number of nitrogens with one attached hydrogen (secondary N) is 1. The van der Waals surface area contributed by atoms with Crippen molar-refractivity contribution in [1.29, 1.82) is 0 Å². The van der Waals surface area contributed by atoms with Crippen molar-refractivity contribution in [3.63, 3.8) is 0 Å². The predicted octanol–water partition coefficient (Wildman–Crippen LogP) is 2.83. The first-order valence-corrected chi connectivity index (χ1v) is 7.30. The van der Waals surface area contributed by atoms with E-state index in [9.17, 15) is 9.59 Å². The number of carboxylic acids is 1. The number of aryl methyl sites for hydroxylation is 1. The number of rotatable bonds is 5. The van der Waals surface area contributed by atoms with E-state index >= 15 is 0 Å². The van der Waals surface area contributed by atoms with E-state index in [1.807, 2.05) is 26.0 Å². The number of carbonyl (C=O) groups excluding carboxylic acids is 1. The summed E-state index contributed by atoms with van der Waals surface area (Å²) in [5.74, 6) is -1.54. The molecule has 1 fully saturated rings. The fraction of sp³-hybridized carbons (Fsp3) is 0.500. The second-order valence-electron chi connectivity index (χ2n) is 5.40. The molecule has 0 aliphatic heterocycles. The van der Waals surface area contributed by atoms with Crippen LogP contribution in [0.4, 0.5) is 5.69 Å². The molecule has 1 aliphatic carbocycles. The minimum Gasteiger partial charge on any atom is -0.492 e. The van der Waals surface area contributed by atoms with Gasteiger partial charge in [0.15, 0.2) is 0 Å². The number of amides is 1. The molecule has 0 spiro atoms. The van der Waals surface area contributed by atoms with Crippen LogP contribution in [0.5, 0.6) is 5.75 Å². The third-order valence-electron chi connectivity index (χ3n) is 3.86. The maximum atomic E-state index is 12.3. The molecule has 0 bridgehead atoms. The Hall–Kier alpha value is -2.04. The van der Waals surface area contributed by atoms with Crippen LogP contribution in [0.25, 0.3) is 0 Å². The van der Waals surface area contributed by atoms with Gasteiger partial charge in [-0.2, -0.15) is 0 Å². The highest BCUT2D eigenvalue weighted by molar-refractivity contribution is 5.96. The smallest absolute Gasteiger partial charge is 0.307 e. The van der Waals surface area contributed by atoms with Gasteiger partial charge in [-0.25, -0.2) is 0 Å². The topological polar surface area (TPSA) is 75.6 Å². The molecule has 1 aromatic rings. The van der Waals surface area contributed by atoms with Crippen LogP contribution in [0, 0.1) is 18.8 Å². The van der Waals surface area contributed by atoms with Gasteiger partial charge in [-0.15, -0.1) is 0 Å². The summed E-state index contributed by atoms with van der Waals surface area (Å²) in [6.45, 7) is 4.34. The number of hydrogen-bond acceptors (Lipinski definition) is 3. The minimum absolute atomic E-state index is 0.232. The standard InChI is InChI=1S/C16H21NO4/c1-3-21-14-9-10(2)7-8-13(14)17-15(18)11-5-4-6-12(11)16(19)20/h7-9,11-12H,3-6H2,1-2H3,(H,17,18)(H,19,20)/t11-,12+/m1/s1. The van der Waals surface area contributed by atoms with E-state index in [0.29, 0.717) is 30.9 Å². The van der Waals surface area contributed by atoms with E-state index in [0.717, 1.165) is 12.0 Å². The van der Waals surface area contributed by atoms with Gasteiger partial charge in [0.1, 0.15) is 5.75 Å². The molecular formula is C16H21NO4. The maximum absolute atomic E-state index is 12.3. The van der Waals surface area contributed by atoms with E-state index in [2.05, 4.69) is 5.32 Å². The molecule has 0 saturated heterocycles. The zero-order chi connectivity index (χ0) is 15.4. The Morgan fingerprint density at radius 1 is 1.33 bits per heavy atom. The third-order valence-corrected chi connectivity index (χ3v) is 3.86. The molecule has 21 heavy (non-hydrogen) atoms. The Morgan fingerprint density at radius 2 is 2.05 bits per heavy atom. The van der Waals surface area contributed by atoms with Gasteiger partial charge in [-0.3, -0.25) is 9.59 Å². The minimum atomic E-state index is -0.887. The van der Waals surface area contributed by atoms with Crippen molar-refractivity contribution in [3.05, 3.63) is 23.8 Å². The van der Waals surface area contributed by atoms with Crippen LogP contribution in [0.15, 0.2) is 18.2 Å². The van der Waals surface area contributed by atoms with Crippen LogP contribution < -0.4 is 10.1 Å². The van der Waals surface area contributed by atoms with Crippen LogP contribution in [0.1, 0.15) is 31.7 Å². The summed E-state index contributed by atoms with van der Waals surface area (Å²) in [6, 6.07) is 5.55. The second kappa shape index (κ2) is 6.61. The molecule has 0 unspecified atom stereocenters. The highest BCUT2D eigenvalue weighted by Crippen LogP contribution is 2.34. The zero-order valence-electron chi connectivity index (χ0n) is 12.4.